The first-order valence-electron chi connectivity index (χ1n) is 3.25. The fraction of sp³-hybridized carbons (Fsp3) is 1.00. The summed E-state index contributed by atoms with van der Waals surface area (Å²) >= 11 is 0. The summed E-state index contributed by atoms with van der Waals surface area (Å²) in [7, 11) is 1.54. The van der Waals surface area contributed by atoms with Crippen LogP contribution in [0, 0.1) is 0 Å². The van der Waals surface area contributed by atoms with Crippen molar-refractivity contribution in [1.29, 1.82) is 0 Å². The van der Waals surface area contributed by atoms with Gasteiger partial charge >= 0.3 is 0 Å². The molecule has 3 atom stereocenters. The van der Waals surface area contributed by atoms with E-state index in [1.54, 1.807) is 0 Å². The van der Waals surface area contributed by atoms with Gasteiger partial charge in [0.1, 0.15) is 6.10 Å². The fourth-order valence-electron chi connectivity index (χ4n) is 1.10. The minimum absolute atomic E-state index is 0.102. The average molecular weight is 148 g/mol. The first-order chi connectivity index (χ1) is 4.77. The van der Waals surface area contributed by atoms with E-state index in [2.05, 4.69) is 0 Å². The Morgan fingerprint density at radius 1 is 1.70 bits per heavy atom. The monoisotopic (exact) mass is 148 g/mol. The molecule has 0 aromatic rings. The zero-order chi connectivity index (χ0) is 7.56. The molecule has 0 aliphatic carbocycles. The van der Waals surface area contributed by atoms with Gasteiger partial charge < -0.3 is 19.7 Å². The van der Waals surface area contributed by atoms with Crippen molar-refractivity contribution in [2.75, 3.05) is 13.7 Å². The van der Waals surface area contributed by atoms with Crippen molar-refractivity contribution < 1.29 is 19.7 Å². The van der Waals surface area contributed by atoms with Gasteiger partial charge in [-0.15, -0.1) is 0 Å². The molecule has 0 amide bonds. The van der Waals surface area contributed by atoms with Crippen LogP contribution in [-0.4, -0.2) is 42.4 Å². The molecule has 1 unspecified atom stereocenters. The number of hydrogen-bond acceptors (Lipinski definition) is 4. The van der Waals surface area contributed by atoms with Gasteiger partial charge in [0, 0.05) is 13.5 Å². The second kappa shape index (κ2) is 3.30. The van der Waals surface area contributed by atoms with Crippen LogP contribution in [0.25, 0.3) is 0 Å². The molecule has 2 N–H and O–H groups in total. The normalized spacial score (nSPS) is 40.5. The highest BCUT2D eigenvalue weighted by Crippen LogP contribution is 2.20. The molecule has 4 heteroatoms. The second-order valence-electron chi connectivity index (χ2n) is 2.32. The summed E-state index contributed by atoms with van der Waals surface area (Å²) in [5, 5.41) is 17.6. The Bertz CT molecular complexity index is 93.9. The average Bonchev–Trinajstić information content (AvgIpc) is 2.30. The lowest BCUT2D eigenvalue weighted by Crippen LogP contribution is -2.26. The minimum atomic E-state index is -0.776. The summed E-state index contributed by atoms with van der Waals surface area (Å²) < 4.78 is 9.83. The molecule has 1 aliphatic rings. The van der Waals surface area contributed by atoms with Crippen LogP contribution in [0.1, 0.15) is 6.42 Å². The predicted octanol–water partition coefficient (Wildman–Crippen LogP) is -0.899. The standard InChI is InChI=1S/C6H12O4/c1-9-4-2-6(8)10-5(4)3-7/h4-8H,2-3H2,1H3/t4-,5-,6?/m1/s1. The molecule has 10 heavy (non-hydrogen) atoms. The van der Waals surface area contributed by atoms with Gasteiger partial charge in [0.05, 0.1) is 12.7 Å². The van der Waals surface area contributed by atoms with Crippen molar-refractivity contribution in [1.82, 2.24) is 0 Å². The summed E-state index contributed by atoms with van der Waals surface area (Å²) in [6.07, 6.45) is -0.857. The zero-order valence-electron chi connectivity index (χ0n) is 5.86. The molecule has 1 saturated heterocycles. The summed E-state index contributed by atoms with van der Waals surface area (Å²) in [6, 6.07) is 0. The van der Waals surface area contributed by atoms with Gasteiger partial charge in [-0.05, 0) is 0 Å². The Labute approximate surface area is 59.4 Å². The Kier molecular flexibility index (Phi) is 2.62. The van der Waals surface area contributed by atoms with Crippen LogP contribution in [0.5, 0.6) is 0 Å². The predicted molar refractivity (Wildman–Crippen MR) is 33.4 cm³/mol. The molecule has 0 radical (unpaired) electrons. The molecule has 0 aromatic heterocycles. The van der Waals surface area contributed by atoms with Gasteiger partial charge in [0.2, 0.25) is 0 Å². The summed E-state index contributed by atoms with van der Waals surface area (Å²) in [5.74, 6) is 0. The Morgan fingerprint density at radius 2 is 2.40 bits per heavy atom. The van der Waals surface area contributed by atoms with Gasteiger partial charge in [-0.25, -0.2) is 0 Å². The molecule has 1 rings (SSSR count). The molecule has 1 fully saturated rings. The lowest BCUT2D eigenvalue weighted by Gasteiger charge is -2.12. The molecule has 0 bridgehead atoms. The number of methoxy groups -OCH3 is 1. The van der Waals surface area contributed by atoms with E-state index in [0.29, 0.717) is 6.42 Å². The van der Waals surface area contributed by atoms with Gasteiger partial charge in [-0.1, -0.05) is 0 Å². The number of aliphatic hydroxyl groups is 2. The third kappa shape index (κ3) is 1.46. The highest BCUT2D eigenvalue weighted by atomic mass is 16.6. The zero-order valence-corrected chi connectivity index (χ0v) is 5.86. The largest absolute Gasteiger partial charge is 0.394 e. The molecule has 0 spiro atoms. The van der Waals surface area contributed by atoms with Crippen molar-refractivity contribution in [3.05, 3.63) is 0 Å². The van der Waals surface area contributed by atoms with E-state index in [4.69, 9.17) is 19.7 Å². The molecule has 0 saturated carbocycles. The second-order valence-corrected chi connectivity index (χ2v) is 2.32. The lowest BCUT2D eigenvalue weighted by molar-refractivity contribution is -0.109. The van der Waals surface area contributed by atoms with E-state index in [1.807, 2.05) is 0 Å². The maximum Gasteiger partial charge on any atom is 0.157 e. The van der Waals surface area contributed by atoms with Crippen LogP contribution in [0.2, 0.25) is 0 Å². The molecular weight excluding hydrogens is 136 g/mol. The maximum atomic E-state index is 8.92. The van der Waals surface area contributed by atoms with Crippen LogP contribution < -0.4 is 0 Å². The van der Waals surface area contributed by atoms with Gasteiger partial charge in [0.25, 0.3) is 0 Å². The summed E-state index contributed by atoms with van der Waals surface area (Å²) in [5.41, 5.74) is 0. The van der Waals surface area contributed by atoms with Gasteiger partial charge in [-0.2, -0.15) is 0 Å². The third-order valence-electron chi connectivity index (χ3n) is 1.66. The lowest BCUT2D eigenvalue weighted by atomic mass is 10.2. The quantitative estimate of drug-likeness (QED) is 0.533. The number of hydrogen-bond donors (Lipinski definition) is 2. The van der Waals surface area contributed by atoms with E-state index in [0.717, 1.165) is 0 Å². The molecule has 4 nitrogen and oxygen atoms in total. The van der Waals surface area contributed by atoms with Crippen molar-refractivity contribution in [3.8, 4) is 0 Å². The van der Waals surface area contributed by atoms with E-state index in [9.17, 15) is 0 Å². The maximum absolute atomic E-state index is 8.92. The first kappa shape index (κ1) is 7.94. The van der Waals surface area contributed by atoms with Crippen molar-refractivity contribution in [2.45, 2.75) is 24.9 Å². The van der Waals surface area contributed by atoms with Crippen LogP contribution in [0.4, 0.5) is 0 Å². The fourth-order valence-corrected chi connectivity index (χ4v) is 1.10. The van der Waals surface area contributed by atoms with E-state index in [-0.39, 0.29) is 18.8 Å². The first-order valence-corrected chi connectivity index (χ1v) is 3.25. The van der Waals surface area contributed by atoms with E-state index in [1.165, 1.54) is 7.11 Å². The number of aliphatic hydroxyl groups excluding tert-OH is 2. The molecule has 1 aliphatic heterocycles. The van der Waals surface area contributed by atoms with E-state index >= 15 is 0 Å². The number of rotatable bonds is 2. The van der Waals surface area contributed by atoms with Crippen LogP contribution in [0.3, 0.4) is 0 Å². The van der Waals surface area contributed by atoms with Crippen LogP contribution in [0.15, 0.2) is 0 Å². The van der Waals surface area contributed by atoms with Gasteiger partial charge in [0.15, 0.2) is 6.29 Å². The van der Waals surface area contributed by atoms with E-state index < -0.39 is 6.29 Å². The molecule has 60 valence electrons. The van der Waals surface area contributed by atoms with Crippen LogP contribution in [-0.2, 0) is 9.47 Å². The SMILES string of the molecule is CO[C@@H]1CC(O)O[C@@H]1CO. The summed E-state index contributed by atoms with van der Waals surface area (Å²) in [6.45, 7) is -0.102. The summed E-state index contributed by atoms with van der Waals surface area (Å²) in [4.78, 5) is 0. The van der Waals surface area contributed by atoms with Crippen molar-refractivity contribution in [2.24, 2.45) is 0 Å². The Balaban J connectivity index is 2.41. The molecule has 0 aromatic carbocycles. The van der Waals surface area contributed by atoms with Gasteiger partial charge in [-0.3, -0.25) is 0 Å². The number of ether oxygens (including phenoxy) is 2. The Hall–Kier alpha value is -0.160. The van der Waals surface area contributed by atoms with Crippen molar-refractivity contribution >= 4 is 0 Å². The third-order valence-corrected chi connectivity index (χ3v) is 1.66. The van der Waals surface area contributed by atoms with Crippen molar-refractivity contribution in [3.63, 3.8) is 0 Å². The smallest absolute Gasteiger partial charge is 0.157 e. The topological polar surface area (TPSA) is 58.9 Å². The highest BCUT2D eigenvalue weighted by molar-refractivity contribution is 4.77. The molecule has 1 heterocycles. The minimum Gasteiger partial charge on any atom is -0.394 e. The Morgan fingerprint density at radius 3 is 2.80 bits per heavy atom. The highest BCUT2D eigenvalue weighted by Gasteiger charge is 2.33. The molecular formula is C6H12O4. The van der Waals surface area contributed by atoms with Crippen LogP contribution >= 0.6 is 0 Å².